The lowest BCUT2D eigenvalue weighted by atomic mass is 9.99. The first-order chi connectivity index (χ1) is 10.2. The zero-order chi connectivity index (χ0) is 14.4. The lowest BCUT2D eigenvalue weighted by molar-refractivity contribution is 0.999. The van der Waals surface area contributed by atoms with Crippen molar-refractivity contribution in [2.24, 2.45) is 22.0 Å². The molecular formula is C17H12Cl2N2. The lowest BCUT2D eigenvalue weighted by Crippen LogP contribution is -2.15. The van der Waals surface area contributed by atoms with Crippen LogP contribution in [0.4, 0.5) is 0 Å². The van der Waals surface area contributed by atoms with E-state index >= 15 is 0 Å². The van der Waals surface area contributed by atoms with Crippen LogP contribution >= 0.6 is 23.2 Å². The zero-order valence-electron chi connectivity index (χ0n) is 11.1. The summed E-state index contributed by atoms with van der Waals surface area (Å²) in [5, 5.41) is 10.4. The Kier molecular flexibility index (Phi) is 3.09. The quantitative estimate of drug-likeness (QED) is 0.758. The molecule has 0 unspecified atom stereocenters. The second kappa shape index (κ2) is 4.97. The molecule has 1 fully saturated rings. The van der Waals surface area contributed by atoms with Crippen molar-refractivity contribution in [3.8, 4) is 0 Å². The molecule has 1 heterocycles. The van der Waals surface area contributed by atoms with Gasteiger partial charge in [0, 0.05) is 21.9 Å². The van der Waals surface area contributed by atoms with Crippen LogP contribution in [-0.2, 0) is 0 Å². The molecule has 104 valence electrons. The minimum atomic E-state index is 0.481. The monoisotopic (exact) mass is 314 g/mol. The summed E-state index contributed by atoms with van der Waals surface area (Å²) in [5.74, 6) is 0.962. The number of hydrogen-bond donors (Lipinski definition) is 0. The highest BCUT2D eigenvalue weighted by Gasteiger charge is 2.47. The summed E-state index contributed by atoms with van der Waals surface area (Å²) in [4.78, 5) is 0. The van der Waals surface area contributed by atoms with Crippen molar-refractivity contribution in [3.05, 3.63) is 69.7 Å². The van der Waals surface area contributed by atoms with Crippen LogP contribution in [0, 0.1) is 11.8 Å². The van der Waals surface area contributed by atoms with Gasteiger partial charge in [-0.15, -0.1) is 0 Å². The minimum Gasteiger partial charge on any atom is -0.154 e. The molecule has 2 atom stereocenters. The molecule has 4 rings (SSSR count). The van der Waals surface area contributed by atoms with Crippen molar-refractivity contribution in [2.45, 2.75) is 6.42 Å². The molecule has 0 amide bonds. The number of halogens is 2. The molecule has 0 radical (unpaired) electrons. The first-order valence-corrected chi connectivity index (χ1v) is 7.65. The van der Waals surface area contributed by atoms with E-state index in [0.717, 1.165) is 39.0 Å². The van der Waals surface area contributed by atoms with Gasteiger partial charge < -0.3 is 0 Å². The molecule has 21 heavy (non-hydrogen) atoms. The maximum Gasteiger partial charge on any atom is 0.0740 e. The van der Waals surface area contributed by atoms with E-state index in [1.165, 1.54) is 0 Å². The molecular weight excluding hydrogens is 303 g/mol. The smallest absolute Gasteiger partial charge is 0.0740 e. The molecule has 4 heteroatoms. The number of hydrogen-bond acceptors (Lipinski definition) is 2. The van der Waals surface area contributed by atoms with Gasteiger partial charge in [-0.25, -0.2) is 0 Å². The van der Waals surface area contributed by atoms with Crippen LogP contribution < -0.4 is 0 Å². The Labute approximate surface area is 133 Å². The van der Waals surface area contributed by atoms with E-state index in [4.69, 9.17) is 23.2 Å². The molecule has 0 aromatic heterocycles. The van der Waals surface area contributed by atoms with Gasteiger partial charge in [0.15, 0.2) is 0 Å². The fourth-order valence-electron chi connectivity index (χ4n) is 2.84. The highest BCUT2D eigenvalue weighted by atomic mass is 35.5. The third-order valence-electron chi connectivity index (χ3n) is 4.04. The summed E-state index contributed by atoms with van der Waals surface area (Å²) < 4.78 is 0. The van der Waals surface area contributed by atoms with Gasteiger partial charge in [-0.2, -0.15) is 10.2 Å². The maximum atomic E-state index is 5.94. The normalized spacial score (nSPS) is 23.1. The SMILES string of the molecule is Clc1ccc(C2=NN=C(c3ccc(Cl)cc3)[C@@H]3C[C@H]23)cc1. The Morgan fingerprint density at radius 1 is 0.667 bits per heavy atom. The molecule has 2 aliphatic rings. The topological polar surface area (TPSA) is 24.7 Å². The number of rotatable bonds is 2. The average Bonchev–Trinajstić information content (AvgIpc) is 3.29. The van der Waals surface area contributed by atoms with Gasteiger partial charge in [0.2, 0.25) is 0 Å². The Morgan fingerprint density at radius 2 is 1.05 bits per heavy atom. The van der Waals surface area contributed by atoms with E-state index in [1.807, 2.05) is 48.5 Å². The molecule has 0 saturated heterocycles. The van der Waals surface area contributed by atoms with E-state index in [9.17, 15) is 0 Å². The number of fused-ring (bicyclic) bond motifs is 1. The van der Waals surface area contributed by atoms with Gasteiger partial charge >= 0.3 is 0 Å². The van der Waals surface area contributed by atoms with Crippen molar-refractivity contribution >= 4 is 34.6 Å². The van der Waals surface area contributed by atoms with Crippen LogP contribution in [0.5, 0.6) is 0 Å². The van der Waals surface area contributed by atoms with Crippen LogP contribution in [0.25, 0.3) is 0 Å². The molecule has 0 N–H and O–H groups in total. The molecule has 1 aliphatic carbocycles. The molecule has 1 saturated carbocycles. The van der Waals surface area contributed by atoms with Crippen LogP contribution in [0.3, 0.4) is 0 Å². The summed E-state index contributed by atoms with van der Waals surface area (Å²) >= 11 is 11.9. The largest absolute Gasteiger partial charge is 0.154 e. The third kappa shape index (κ3) is 2.39. The molecule has 2 aromatic carbocycles. The first-order valence-electron chi connectivity index (χ1n) is 6.90. The van der Waals surface area contributed by atoms with Crippen molar-refractivity contribution in [3.63, 3.8) is 0 Å². The number of benzene rings is 2. The van der Waals surface area contributed by atoms with E-state index < -0.39 is 0 Å². The van der Waals surface area contributed by atoms with Gasteiger partial charge in [-0.1, -0.05) is 47.5 Å². The zero-order valence-corrected chi connectivity index (χ0v) is 12.6. The summed E-state index contributed by atoms with van der Waals surface area (Å²) in [7, 11) is 0. The molecule has 0 bridgehead atoms. The fourth-order valence-corrected chi connectivity index (χ4v) is 3.09. The van der Waals surface area contributed by atoms with Gasteiger partial charge in [-0.3, -0.25) is 0 Å². The van der Waals surface area contributed by atoms with E-state index in [-0.39, 0.29) is 0 Å². The van der Waals surface area contributed by atoms with Gasteiger partial charge in [-0.05, 0) is 41.8 Å². The van der Waals surface area contributed by atoms with Gasteiger partial charge in [0.1, 0.15) is 0 Å². The highest BCUT2D eigenvalue weighted by molar-refractivity contribution is 6.31. The van der Waals surface area contributed by atoms with Crippen LogP contribution in [-0.4, -0.2) is 11.4 Å². The summed E-state index contributed by atoms with van der Waals surface area (Å²) in [5.41, 5.74) is 4.39. The van der Waals surface area contributed by atoms with Crippen molar-refractivity contribution < 1.29 is 0 Å². The van der Waals surface area contributed by atoms with Gasteiger partial charge in [0.25, 0.3) is 0 Å². The van der Waals surface area contributed by atoms with Crippen LogP contribution in [0.15, 0.2) is 58.7 Å². The third-order valence-corrected chi connectivity index (χ3v) is 4.54. The molecule has 2 aromatic rings. The van der Waals surface area contributed by atoms with Crippen molar-refractivity contribution in [2.75, 3.05) is 0 Å². The second-order valence-electron chi connectivity index (χ2n) is 5.43. The average molecular weight is 315 g/mol. The molecule has 0 spiro atoms. The Bertz CT molecular complexity index is 680. The summed E-state index contributed by atoms with van der Waals surface area (Å²) in [6.07, 6.45) is 1.11. The Balaban J connectivity index is 1.69. The van der Waals surface area contributed by atoms with Crippen LogP contribution in [0.2, 0.25) is 10.0 Å². The molecule has 2 nitrogen and oxygen atoms in total. The van der Waals surface area contributed by atoms with Crippen molar-refractivity contribution in [1.29, 1.82) is 0 Å². The first kappa shape index (κ1) is 13.1. The Morgan fingerprint density at radius 3 is 1.43 bits per heavy atom. The summed E-state index contributed by atoms with van der Waals surface area (Å²) in [6, 6.07) is 15.6. The van der Waals surface area contributed by atoms with Crippen molar-refractivity contribution in [1.82, 2.24) is 0 Å². The van der Waals surface area contributed by atoms with E-state index in [0.29, 0.717) is 11.8 Å². The standard InChI is InChI=1S/C17H12Cl2N2/c18-12-5-1-10(2-6-12)16-14-9-15(14)17(21-20-16)11-3-7-13(19)8-4-11/h1-8,14-15H,9H2/t14-,15+. The molecule has 1 aliphatic heterocycles. The second-order valence-corrected chi connectivity index (χ2v) is 6.31. The highest BCUT2D eigenvalue weighted by Crippen LogP contribution is 2.46. The maximum absolute atomic E-state index is 5.94. The minimum absolute atomic E-state index is 0.481. The predicted molar refractivity (Wildman–Crippen MR) is 87.6 cm³/mol. The van der Waals surface area contributed by atoms with E-state index in [1.54, 1.807) is 0 Å². The van der Waals surface area contributed by atoms with Gasteiger partial charge in [0.05, 0.1) is 11.4 Å². The fraction of sp³-hybridized carbons (Fsp3) is 0.176. The van der Waals surface area contributed by atoms with E-state index in [2.05, 4.69) is 10.2 Å². The number of nitrogens with zero attached hydrogens (tertiary/aromatic N) is 2. The lowest BCUT2D eigenvalue weighted by Gasteiger charge is -2.12. The van der Waals surface area contributed by atoms with Crippen LogP contribution in [0.1, 0.15) is 17.5 Å². The predicted octanol–water partition coefficient (Wildman–Crippen LogP) is 4.84. The summed E-state index contributed by atoms with van der Waals surface area (Å²) in [6.45, 7) is 0. The Hall–Kier alpha value is -1.64.